The minimum absolute atomic E-state index is 0.199. The molecule has 0 spiro atoms. The van der Waals surface area contributed by atoms with Crippen LogP contribution in [0.5, 0.6) is 5.75 Å². The molecule has 0 radical (unpaired) electrons. The number of hydrogen-bond acceptors (Lipinski definition) is 4. The van der Waals surface area contributed by atoms with E-state index in [9.17, 15) is 4.79 Å². The molecule has 0 bridgehead atoms. The Balaban J connectivity index is 1.52. The highest BCUT2D eigenvalue weighted by Crippen LogP contribution is 2.32. The third-order valence-electron chi connectivity index (χ3n) is 4.07. The first-order chi connectivity index (χ1) is 11.7. The van der Waals surface area contributed by atoms with E-state index < -0.39 is 0 Å². The average Bonchev–Trinajstić information content (AvgIpc) is 3.21. The van der Waals surface area contributed by atoms with Crippen LogP contribution < -0.4 is 4.74 Å². The van der Waals surface area contributed by atoms with E-state index in [2.05, 4.69) is 4.98 Å². The van der Waals surface area contributed by atoms with E-state index in [1.807, 2.05) is 47.8 Å². The Morgan fingerprint density at radius 2 is 1.92 bits per heavy atom. The molecule has 0 aliphatic heterocycles. The van der Waals surface area contributed by atoms with Gasteiger partial charge in [-0.05, 0) is 18.6 Å². The number of rotatable bonds is 4. The summed E-state index contributed by atoms with van der Waals surface area (Å²) in [5, 5.41) is 3.55. The summed E-state index contributed by atoms with van der Waals surface area (Å²) in [6.07, 6.45) is 1.33. The summed E-state index contributed by atoms with van der Waals surface area (Å²) < 4.78 is 5.92. The van der Waals surface area contributed by atoms with Gasteiger partial charge in [0.25, 0.3) is 0 Å². The first kappa shape index (κ1) is 15.4. The van der Waals surface area contributed by atoms with Crippen LogP contribution in [0.1, 0.15) is 28.0 Å². The number of hydrogen-bond donors (Lipinski definition) is 0. The fraction of sp³-hybridized carbons (Fsp3) is 0.158. The number of carbonyl (C=O) groups excluding carboxylic acids is 1. The molecular formula is C19H14ClNO2S. The lowest BCUT2D eigenvalue weighted by atomic mass is 10.1. The number of thiazole rings is 1. The van der Waals surface area contributed by atoms with Gasteiger partial charge in [0.05, 0.1) is 10.7 Å². The number of fused-ring (bicyclic) bond motifs is 1. The Morgan fingerprint density at radius 3 is 2.79 bits per heavy atom. The molecule has 120 valence electrons. The van der Waals surface area contributed by atoms with E-state index in [1.54, 1.807) is 11.3 Å². The Bertz CT molecular complexity index is 919. The molecule has 0 atom stereocenters. The Kier molecular flexibility index (Phi) is 4.08. The molecule has 0 saturated heterocycles. The van der Waals surface area contributed by atoms with Gasteiger partial charge in [0, 0.05) is 28.5 Å². The number of carbonyl (C=O) groups is 1. The summed E-state index contributed by atoms with van der Waals surface area (Å²) in [6, 6.07) is 13.3. The number of aromatic nitrogens is 1. The minimum atomic E-state index is 0.199. The second-order valence-corrected chi connectivity index (χ2v) is 6.88. The first-order valence-corrected chi connectivity index (χ1v) is 8.95. The van der Waals surface area contributed by atoms with Crippen molar-refractivity contribution in [1.29, 1.82) is 0 Å². The van der Waals surface area contributed by atoms with Crippen molar-refractivity contribution in [1.82, 2.24) is 4.98 Å². The van der Waals surface area contributed by atoms with Gasteiger partial charge >= 0.3 is 0 Å². The zero-order valence-corrected chi connectivity index (χ0v) is 14.4. The van der Waals surface area contributed by atoms with Gasteiger partial charge in [-0.3, -0.25) is 4.79 Å². The highest BCUT2D eigenvalue weighted by atomic mass is 35.5. The van der Waals surface area contributed by atoms with Crippen LogP contribution in [0.4, 0.5) is 0 Å². The summed E-state index contributed by atoms with van der Waals surface area (Å²) in [5.74, 6) is 0.982. The third kappa shape index (κ3) is 2.83. The van der Waals surface area contributed by atoms with Crippen molar-refractivity contribution in [3.05, 3.63) is 69.7 Å². The number of halogens is 1. The van der Waals surface area contributed by atoms with Gasteiger partial charge in [0.2, 0.25) is 0 Å². The van der Waals surface area contributed by atoms with Crippen molar-refractivity contribution in [3.8, 4) is 16.3 Å². The third-order valence-corrected chi connectivity index (χ3v) is 5.32. The van der Waals surface area contributed by atoms with Crippen LogP contribution in [0.2, 0.25) is 5.02 Å². The molecule has 4 rings (SSSR count). The van der Waals surface area contributed by atoms with E-state index >= 15 is 0 Å². The van der Waals surface area contributed by atoms with Gasteiger partial charge in [0.15, 0.2) is 5.78 Å². The maximum Gasteiger partial charge on any atom is 0.163 e. The van der Waals surface area contributed by atoms with E-state index in [0.29, 0.717) is 18.1 Å². The first-order valence-electron chi connectivity index (χ1n) is 7.69. The van der Waals surface area contributed by atoms with Crippen molar-refractivity contribution >= 4 is 28.7 Å². The number of Topliss-reactive ketones (excluding diaryl/α,β-unsaturated/α-hetero) is 1. The molecule has 24 heavy (non-hydrogen) atoms. The molecular weight excluding hydrogens is 342 g/mol. The van der Waals surface area contributed by atoms with Crippen LogP contribution in [-0.4, -0.2) is 10.8 Å². The standard InChI is InChI=1S/C19H14ClNO2S/c20-16-6-2-1-4-15(16)19-21-12(11-24-19)10-23-18-7-3-5-13-14(18)8-9-17(13)22/h1-7,11H,8-10H2. The van der Waals surface area contributed by atoms with Crippen LogP contribution in [-0.2, 0) is 13.0 Å². The number of nitrogens with zero attached hydrogens (tertiary/aromatic N) is 1. The maximum absolute atomic E-state index is 11.8. The molecule has 0 fully saturated rings. The number of benzene rings is 2. The largest absolute Gasteiger partial charge is 0.487 e. The molecule has 1 aromatic heterocycles. The molecule has 3 nitrogen and oxygen atoms in total. The molecule has 1 heterocycles. The summed E-state index contributed by atoms with van der Waals surface area (Å²) in [4.78, 5) is 16.4. The van der Waals surface area contributed by atoms with Crippen LogP contribution in [0.3, 0.4) is 0 Å². The number of ketones is 1. The predicted octanol–water partition coefficient (Wildman–Crippen LogP) is 5.17. The van der Waals surface area contributed by atoms with Gasteiger partial charge < -0.3 is 4.74 Å². The highest BCUT2D eigenvalue weighted by molar-refractivity contribution is 7.13. The smallest absolute Gasteiger partial charge is 0.163 e. The summed E-state index contributed by atoms with van der Waals surface area (Å²) >= 11 is 7.77. The Labute approximate surface area is 148 Å². The molecule has 0 unspecified atom stereocenters. The Morgan fingerprint density at radius 1 is 1.08 bits per heavy atom. The molecule has 0 N–H and O–H groups in total. The van der Waals surface area contributed by atoms with Gasteiger partial charge in [0.1, 0.15) is 17.4 Å². The lowest BCUT2D eigenvalue weighted by Gasteiger charge is -2.08. The lowest BCUT2D eigenvalue weighted by Crippen LogP contribution is -1.99. The topological polar surface area (TPSA) is 39.2 Å². The van der Waals surface area contributed by atoms with Gasteiger partial charge in [-0.15, -0.1) is 11.3 Å². The predicted molar refractivity (Wildman–Crippen MR) is 96.0 cm³/mol. The van der Waals surface area contributed by atoms with E-state index in [0.717, 1.165) is 39.6 Å². The second kappa shape index (κ2) is 6.38. The van der Waals surface area contributed by atoms with E-state index in [1.165, 1.54) is 0 Å². The van der Waals surface area contributed by atoms with Crippen molar-refractivity contribution in [2.24, 2.45) is 0 Å². The van der Waals surface area contributed by atoms with E-state index in [4.69, 9.17) is 16.3 Å². The number of ether oxygens (including phenoxy) is 1. The van der Waals surface area contributed by atoms with Gasteiger partial charge in [-0.25, -0.2) is 4.98 Å². The summed E-state index contributed by atoms with van der Waals surface area (Å²) in [7, 11) is 0. The van der Waals surface area contributed by atoms with Crippen molar-refractivity contribution in [2.75, 3.05) is 0 Å². The second-order valence-electron chi connectivity index (χ2n) is 5.62. The fourth-order valence-corrected chi connectivity index (χ4v) is 4.00. The van der Waals surface area contributed by atoms with Gasteiger partial charge in [-0.2, -0.15) is 0 Å². The zero-order valence-electron chi connectivity index (χ0n) is 12.8. The van der Waals surface area contributed by atoms with Crippen LogP contribution in [0.25, 0.3) is 10.6 Å². The molecule has 0 amide bonds. The summed E-state index contributed by atoms with van der Waals surface area (Å²) in [6.45, 7) is 0.381. The molecule has 1 aliphatic rings. The zero-order chi connectivity index (χ0) is 16.5. The maximum atomic E-state index is 11.8. The minimum Gasteiger partial charge on any atom is -0.487 e. The molecule has 3 aromatic rings. The van der Waals surface area contributed by atoms with Gasteiger partial charge in [-0.1, -0.05) is 41.9 Å². The summed E-state index contributed by atoms with van der Waals surface area (Å²) in [5.41, 5.74) is 3.60. The van der Waals surface area contributed by atoms with Crippen molar-refractivity contribution < 1.29 is 9.53 Å². The molecule has 0 saturated carbocycles. The SMILES string of the molecule is O=C1CCc2c(OCc3csc(-c4ccccc4Cl)n3)cccc21. The monoisotopic (exact) mass is 355 g/mol. The van der Waals surface area contributed by atoms with Crippen LogP contribution in [0.15, 0.2) is 47.8 Å². The average molecular weight is 356 g/mol. The van der Waals surface area contributed by atoms with Crippen LogP contribution >= 0.6 is 22.9 Å². The van der Waals surface area contributed by atoms with Crippen LogP contribution in [0, 0.1) is 0 Å². The fourth-order valence-electron chi connectivity index (χ4n) is 2.88. The lowest BCUT2D eigenvalue weighted by molar-refractivity contribution is 0.0994. The Hall–Kier alpha value is -2.17. The molecule has 5 heteroatoms. The van der Waals surface area contributed by atoms with Crippen molar-refractivity contribution in [2.45, 2.75) is 19.4 Å². The van der Waals surface area contributed by atoms with E-state index in [-0.39, 0.29) is 5.78 Å². The highest BCUT2D eigenvalue weighted by Gasteiger charge is 2.22. The quantitative estimate of drug-likeness (QED) is 0.648. The molecule has 2 aromatic carbocycles. The normalized spacial score (nSPS) is 13.1. The van der Waals surface area contributed by atoms with Crippen molar-refractivity contribution in [3.63, 3.8) is 0 Å². The molecule has 1 aliphatic carbocycles.